The second-order valence-corrected chi connectivity index (χ2v) is 5.33. The molecule has 5 nitrogen and oxygen atoms in total. The van der Waals surface area contributed by atoms with Crippen LogP contribution in [-0.2, 0) is 11.8 Å². The molecule has 0 radical (unpaired) electrons. The van der Waals surface area contributed by atoms with Gasteiger partial charge in [-0.25, -0.2) is 4.98 Å². The summed E-state index contributed by atoms with van der Waals surface area (Å²) in [6.45, 7) is 4.61. The predicted molar refractivity (Wildman–Crippen MR) is 75.8 cm³/mol. The summed E-state index contributed by atoms with van der Waals surface area (Å²) in [5.74, 6) is 0.902. The highest BCUT2D eigenvalue weighted by Gasteiger charge is 2.17. The zero-order chi connectivity index (χ0) is 13.4. The average molecular weight is 281 g/mol. The van der Waals surface area contributed by atoms with E-state index in [1.165, 1.54) is 0 Å². The van der Waals surface area contributed by atoms with Gasteiger partial charge in [0, 0.05) is 26.2 Å². The van der Waals surface area contributed by atoms with E-state index in [1.54, 1.807) is 10.9 Å². The molecule has 0 aromatic carbocycles. The number of aromatic nitrogens is 3. The molecule has 0 saturated carbocycles. The zero-order valence-electron chi connectivity index (χ0n) is 11.1. The van der Waals surface area contributed by atoms with Crippen molar-refractivity contribution in [3.63, 3.8) is 0 Å². The van der Waals surface area contributed by atoms with Gasteiger partial charge in [-0.15, -0.1) is 0 Å². The van der Waals surface area contributed by atoms with Gasteiger partial charge in [0.1, 0.15) is 5.82 Å². The molecule has 3 heterocycles. The second-order valence-electron chi connectivity index (χ2n) is 4.92. The lowest BCUT2D eigenvalue weighted by atomic mass is 10.2. The number of halogens is 1. The molecule has 0 spiro atoms. The van der Waals surface area contributed by atoms with Crippen LogP contribution in [0.2, 0.25) is 5.02 Å². The summed E-state index contributed by atoms with van der Waals surface area (Å²) in [6.07, 6.45) is 3.06. The minimum atomic E-state index is 0.306. The number of pyridine rings is 1. The van der Waals surface area contributed by atoms with Gasteiger partial charge in [0.05, 0.1) is 29.3 Å². The van der Waals surface area contributed by atoms with E-state index in [0.29, 0.717) is 11.1 Å². The van der Waals surface area contributed by atoms with Crippen LogP contribution in [0.25, 0.3) is 11.0 Å². The highest BCUT2D eigenvalue weighted by molar-refractivity contribution is 6.35. The van der Waals surface area contributed by atoms with Gasteiger partial charge in [-0.05, 0) is 13.3 Å². The SMILES string of the molecule is CC1CCN(c2cc(Cl)c3cnn(C)c3n2)CCO1. The molecule has 0 aliphatic carbocycles. The molecule has 2 aromatic rings. The quantitative estimate of drug-likeness (QED) is 0.803. The number of nitrogens with zero attached hydrogens (tertiary/aromatic N) is 4. The Labute approximate surface area is 117 Å². The minimum absolute atomic E-state index is 0.306. The summed E-state index contributed by atoms with van der Waals surface area (Å²) in [5.41, 5.74) is 0.820. The number of rotatable bonds is 1. The Hall–Kier alpha value is -1.33. The fourth-order valence-corrected chi connectivity index (χ4v) is 2.58. The molecule has 1 aliphatic heterocycles. The summed E-state index contributed by atoms with van der Waals surface area (Å²) in [7, 11) is 1.88. The molecule has 6 heteroatoms. The zero-order valence-corrected chi connectivity index (χ0v) is 11.9. The Morgan fingerprint density at radius 2 is 2.26 bits per heavy atom. The monoisotopic (exact) mass is 280 g/mol. The van der Waals surface area contributed by atoms with Crippen molar-refractivity contribution in [1.29, 1.82) is 0 Å². The van der Waals surface area contributed by atoms with E-state index in [2.05, 4.69) is 21.9 Å². The molecular weight excluding hydrogens is 264 g/mol. The van der Waals surface area contributed by atoms with Crippen molar-refractivity contribution < 1.29 is 4.74 Å². The molecule has 0 amide bonds. The fraction of sp³-hybridized carbons (Fsp3) is 0.538. The molecule has 1 fully saturated rings. The first-order valence-corrected chi connectivity index (χ1v) is 6.88. The van der Waals surface area contributed by atoms with E-state index in [4.69, 9.17) is 16.3 Å². The number of hydrogen-bond acceptors (Lipinski definition) is 4. The van der Waals surface area contributed by atoms with Crippen LogP contribution in [0.1, 0.15) is 13.3 Å². The molecular formula is C13H17ClN4O. The number of anilines is 1. The molecule has 19 heavy (non-hydrogen) atoms. The van der Waals surface area contributed by atoms with Crippen molar-refractivity contribution in [2.45, 2.75) is 19.4 Å². The molecule has 1 aliphatic rings. The Kier molecular flexibility index (Phi) is 3.33. The first-order valence-electron chi connectivity index (χ1n) is 6.50. The van der Waals surface area contributed by atoms with E-state index in [0.717, 1.165) is 43.0 Å². The van der Waals surface area contributed by atoms with Gasteiger partial charge in [0.25, 0.3) is 0 Å². The first kappa shape index (κ1) is 12.7. The third kappa shape index (κ3) is 2.40. The summed E-state index contributed by atoms with van der Waals surface area (Å²) in [5, 5.41) is 5.80. The van der Waals surface area contributed by atoms with Gasteiger partial charge in [-0.2, -0.15) is 5.10 Å². The number of fused-ring (bicyclic) bond motifs is 1. The molecule has 1 atom stereocenters. The average Bonchev–Trinajstić information content (AvgIpc) is 2.62. The van der Waals surface area contributed by atoms with Crippen molar-refractivity contribution >= 4 is 28.5 Å². The first-order chi connectivity index (χ1) is 9.15. The molecule has 1 unspecified atom stereocenters. The lowest BCUT2D eigenvalue weighted by molar-refractivity contribution is 0.0787. The molecule has 3 rings (SSSR count). The topological polar surface area (TPSA) is 43.2 Å². The summed E-state index contributed by atoms with van der Waals surface area (Å²) in [6, 6.07) is 1.92. The Morgan fingerprint density at radius 3 is 3.11 bits per heavy atom. The van der Waals surface area contributed by atoms with Crippen molar-refractivity contribution in [2.24, 2.45) is 7.05 Å². The van der Waals surface area contributed by atoms with Crippen LogP contribution in [0.4, 0.5) is 5.82 Å². The second kappa shape index (κ2) is 4.98. The van der Waals surface area contributed by atoms with E-state index in [1.807, 2.05) is 13.1 Å². The highest BCUT2D eigenvalue weighted by Crippen LogP contribution is 2.27. The Balaban J connectivity index is 1.97. The van der Waals surface area contributed by atoms with E-state index in [9.17, 15) is 0 Å². The van der Waals surface area contributed by atoms with Crippen LogP contribution < -0.4 is 4.90 Å². The summed E-state index contributed by atoms with van der Waals surface area (Å²) < 4.78 is 7.41. The predicted octanol–water partition coefficient (Wildman–Crippen LogP) is 2.24. The van der Waals surface area contributed by atoms with E-state index >= 15 is 0 Å². The number of aryl methyl sites for hydroxylation is 1. The van der Waals surface area contributed by atoms with E-state index in [-0.39, 0.29) is 0 Å². The van der Waals surface area contributed by atoms with Gasteiger partial charge >= 0.3 is 0 Å². The maximum atomic E-state index is 6.31. The molecule has 102 valence electrons. The molecule has 1 saturated heterocycles. The third-order valence-corrected chi connectivity index (χ3v) is 3.85. The molecule has 0 bridgehead atoms. The van der Waals surface area contributed by atoms with Gasteiger partial charge in [-0.1, -0.05) is 11.6 Å². The fourth-order valence-electron chi connectivity index (χ4n) is 2.35. The van der Waals surface area contributed by atoms with Crippen LogP contribution in [0, 0.1) is 0 Å². The third-order valence-electron chi connectivity index (χ3n) is 3.53. The van der Waals surface area contributed by atoms with Crippen molar-refractivity contribution in [3.8, 4) is 0 Å². The number of ether oxygens (including phenoxy) is 1. The highest BCUT2D eigenvalue weighted by atomic mass is 35.5. The lowest BCUT2D eigenvalue weighted by Gasteiger charge is -2.21. The maximum absolute atomic E-state index is 6.31. The van der Waals surface area contributed by atoms with Crippen LogP contribution in [0.5, 0.6) is 0 Å². The normalized spacial score (nSPS) is 20.8. The lowest BCUT2D eigenvalue weighted by Crippen LogP contribution is -2.27. The Bertz CT molecular complexity index is 598. The van der Waals surface area contributed by atoms with Crippen LogP contribution in [-0.4, -0.2) is 40.6 Å². The van der Waals surface area contributed by atoms with Crippen molar-refractivity contribution in [2.75, 3.05) is 24.6 Å². The van der Waals surface area contributed by atoms with Crippen LogP contribution in [0.15, 0.2) is 12.3 Å². The van der Waals surface area contributed by atoms with Crippen molar-refractivity contribution in [3.05, 3.63) is 17.3 Å². The van der Waals surface area contributed by atoms with Crippen LogP contribution in [0.3, 0.4) is 0 Å². The maximum Gasteiger partial charge on any atom is 0.161 e. The van der Waals surface area contributed by atoms with Gasteiger partial charge < -0.3 is 9.64 Å². The van der Waals surface area contributed by atoms with E-state index < -0.39 is 0 Å². The Morgan fingerprint density at radius 1 is 1.42 bits per heavy atom. The summed E-state index contributed by atoms with van der Waals surface area (Å²) in [4.78, 5) is 6.90. The van der Waals surface area contributed by atoms with Gasteiger partial charge in [0.2, 0.25) is 0 Å². The van der Waals surface area contributed by atoms with Gasteiger partial charge in [0.15, 0.2) is 5.65 Å². The smallest absolute Gasteiger partial charge is 0.161 e. The molecule has 0 N–H and O–H groups in total. The largest absolute Gasteiger partial charge is 0.377 e. The standard InChI is InChI=1S/C13H17ClN4O/c1-9-3-4-18(5-6-19-9)12-7-11(14)10-8-15-17(2)13(10)16-12/h7-9H,3-6H2,1-2H3. The summed E-state index contributed by atoms with van der Waals surface area (Å²) >= 11 is 6.31. The van der Waals surface area contributed by atoms with Crippen molar-refractivity contribution in [1.82, 2.24) is 14.8 Å². The van der Waals surface area contributed by atoms with Crippen LogP contribution >= 0.6 is 11.6 Å². The minimum Gasteiger partial charge on any atom is -0.377 e. The molecule has 2 aromatic heterocycles. The number of hydrogen-bond donors (Lipinski definition) is 0. The van der Waals surface area contributed by atoms with Gasteiger partial charge in [-0.3, -0.25) is 4.68 Å².